The second kappa shape index (κ2) is 9.55. The number of amides is 3. The van der Waals surface area contributed by atoms with Gasteiger partial charge in [-0.15, -0.1) is 0 Å². The van der Waals surface area contributed by atoms with Crippen LogP contribution in [0, 0.1) is 20.8 Å². The molecule has 0 heterocycles. The number of rotatable bonds is 6. The molecule has 0 radical (unpaired) electrons. The molecule has 0 spiro atoms. The summed E-state index contributed by atoms with van der Waals surface area (Å²) in [6.07, 6.45) is -0.889. The fourth-order valence-electron chi connectivity index (χ4n) is 2.39. The average molecular weight is 384 g/mol. The third kappa shape index (κ3) is 6.42. The van der Waals surface area contributed by atoms with Gasteiger partial charge in [0.25, 0.3) is 5.91 Å². The molecule has 0 aliphatic heterocycles. The highest BCUT2D eigenvalue weighted by molar-refractivity contribution is 6.02. The number of hydrogen-bond donors (Lipinski definition) is 2. The van der Waals surface area contributed by atoms with E-state index in [0.29, 0.717) is 11.4 Å². The lowest BCUT2D eigenvalue weighted by molar-refractivity contribution is -0.154. The quantitative estimate of drug-likeness (QED) is 0.746. The molecule has 0 aromatic heterocycles. The summed E-state index contributed by atoms with van der Waals surface area (Å²) in [5.74, 6) is -0.920. The number of urea groups is 1. The Balaban J connectivity index is 1.76. The Bertz CT molecular complexity index is 862. The summed E-state index contributed by atoms with van der Waals surface area (Å²) in [5, 5.41) is 4.69. The number of hydrogen-bond acceptors (Lipinski definition) is 5. The molecule has 3 amide bonds. The minimum atomic E-state index is -0.889. The molecule has 2 N–H and O–H groups in total. The Hall–Kier alpha value is -3.35. The number of aryl methyl sites for hydroxylation is 3. The first-order valence-electron chi connectivity index (χ1n) is 8.82. The van der Waals surface area contributed by atoms with Crippen molar-refractivity contribution in [2.24, 2.45) is 0 Å². The van der Waals surface area contributed by atoms with Gasteiger partial charge in [0.15, 0.2) is 12.7 Å². The predicted molar refractivity (Wildman–Crippen MR) is 105 cm³/mol. The largest absolute Gasteiger partial charge is 0.479 e. The van der Waals surface area contributed by atoms with Gasteiger partial charge in [0.1, 0.15) is 5.75 Å². The molecule has 0 bridgehead atoms. The van der Waals surface area contributed by atoms with Gasteiger partial charge in [0.05, 0.1) is 0 Å². The van der Waals surface area contributed by atoms with Crippen molar-refractivity contribution >= 4 is 23.6 Å². The zero-order chi connectivity index (χ0) is 20.7. The number of ether oxygens (including phenoxy) is 2. The zero-order valence-electron chi connectivity index (χ0n) is 16.4. The van der Waals surface area contributed by atoms with Crippen LogP contribution in [0.1, 0.15) is 23.6 Å². The van der Waals surface area contributed by atoms with Crippen LogP contribution >= 0.6 is 0 Å². The van der Waals surface area contributed by atoms with E-state index in [-0.39, 0.29) is 0 Å². The van der Waals surface area contributed by atoms with Gasteiger partial charge in [-0.2, -0.15) is 0 Å². The standard InChI is InChI=1S/C21H24N2O5/c1-13-5-8-17(9-6-13)28-16(4)20(25)27-12-19(24)23-21(26)22-18-10-7-14(2)11-15(18)3/h5-11,16H,12H2,1-4H3,(H2,22,23,24,26). The Morgan fingerprint density at radius 2 is 1.61 bits per heavy atom. The average Bonchev–Trinajstić information content (AvgIpc) is 2.64. The van der Waals surface area contributed by atoms with Gasteiger partial charge in [-0.25, -0.2) is 9.59 Å². The van der Waals surface area contributed by atoms with Crippen LogP contribution in [0.15, 0.2) is 42.5 Å². The fraction of sp³-hybridized carbons (Fsp3) is 0.286. The molecular formula is C21H24N2O5. The summed E-state index contributed by atoms with van der Waals surface area (Å²) in [5.41, 5.74) is 3.59. The van der Waals surface area contributed by atoms with Crippen LogP contribution in [0.3, 0.4) is 0 Å². The van der Waals surface area contributed by atoms with E-state index in [0.717, 1.165) is 16.7 Å². The molecule has 1 unspecified atom stereocenters. The molecule has 1 atom stereocenters. The van der Waals surface area contributed by atoms with Gasteiger partial charge in [0.2, 0.25) is 0 Å². The highest BCUT2D eigenvalue weighted by Gasteiger charge is 2.18. The number of esters is 1. The maximum Gasteiger partial charge on any atom is 0.347 e. The van der Waals surface area contributed by atoms with Crippen LogP contribution in [0.25, 0.3) is 0 Å². The van der Waals surface area contributed by atoms with Crippen molar-refractivity contribution in [2.75, 3.05) is 11.9 Å². The lowest BCUT2D eigenvalue weighted by Gasteiger charge is -2.14. The fourth-order valence-corrected chi connectivity index (χ4v) is 2.39. The van der Waals surface area contributed by atoms with E-state index in [4.69, 9.17) is 9.47 Å². The van der Waals surface area contributed by atoms with Gasteiger partial charge < -0.3 is 14.8 Å². The molecule has 2 aromatic rings. The minimum absolute atomic E-state index is 0.521. The normalized spacial score (nSPS) is 11.3. The molecule has 0 aliphatic carbocycles. The third-order valence-corrected chi connectivity index (χ3v) is 3.89. The third-order valence-electron chi connectivity index (χ3n) is 3.89. The molecule has 28 heavy (non-hydrogen) atoms. The number of carbonyl (C=O) groups excluding carboxylic acids is 3. The molecule has 0 aliphatic rings. The molecule has 2 rings (SSSR count). The Morgan fingerprint density at radius 3 is 2.25 bits per heavy atom. The summed E-state index contributed by atoms with van der Waals surface area (Å²) >= 11 is 0. The van der Waals surface area contributed by atoms with E-state index in [2.05, 4.69) is 10.6 Å². The summed E-state index contributed by atoms with van der Waals surface area (Å²) < 4.78 is 10.4. The van der Waals surface area contributed by atoms with Crippen LogP contribution in [-0.4, -0.2) is 30.6 Å². The molecule has 7 nitrogen and oxygen atoms in total. The van der Waals surface area contributed by atoms with Gasteiger partial charge in [-0.1, -0.05) is 35.4 Å². The van der Waals surface area contributed by atoms with Crippen molar-refractivity contribution in [3.8, 4) is 5.75 Å². The van der Waals surface area contributed by atoms with E-state index in [1.54, 1.807) is 18.2 Å². The van der Waals surface area contributed by atoms with Crippen molar-refractivity contribution in [3.05, 3.63) is 59.2 Å². The van der Waals surface area contributed by atoms with Crippen molar-refractivity contribution in [1.82, 2.24) is 5.32 Å². The lowest BCUT2D eigenvalue weighted by atomic mass is 10.1. The highest BCUT2D eigenvalue weighted by atomic mass is 16.6. The SMILES string of the molecule is Cc1ccc(OC(C)C(=O)OCC(=O)NC(=O)Nc2ccc(C)cc2C)cc1. The Morgan fingerprint density at radius 1 is 0.964 bits per heavy atom. The number of nitrogens with one attached hydrogen (secondary N) is 2. The van der Waals surface area contributed by atoms with Gasteiger partial charge >= 0.3 is 12.0 Å². The summed E-state index contributed by atoms with van der Waals surface area (Å²) in [6.45, 7) is 6.67. The van der Waals surface area contributed by atoms with Crippen molar-refractivity contribution in [3.63, 3.8) is 0 Å². The van der Waals surface area contributed by atoms with Crippen LogP contribution < -0.4 is 15.4 Å². The van der Waals surface area contributed by atoms with E-state index in [9.17, 15) is 14.4 Å². The number of anilines is 1. The van der Waals surface area contributed by atoms with Crippen molar-refractivity contribution < 1.29 is 23.9 Å². The van der Waals surface area contributed by atoms with E-state index in [1.165, 1.54) is 6.92 Å². The molecule has 2 aromatic carbocycles. The predicted octanol–water partition coefficient (Wildman–Crippen LogP) is 3.27. The molecule has 0 saturated carbocycles. The topological polar surface area (TPSA) is 93.7 Å². The maximum absolute atomic E-state index is 11.9. The van der Waals surface area contributed by atoms with E-state index in [1.807, 2.05) is 45.0 Å². The first-order chi connectivity index (χ1) is 13.2. The number of benzene rings is 2. The second-order valence-electron chi connectivity index (χ2n) is 6.50. The summed E-state index contributed by atoms with van der Waals surface area (Å²) in [4.78, 5) is 35.7. The van der Waals surface area contributed by atoms with Crippen LogP contribution in [-0.2, 0) is 14.3 Å². The van der Waals surface area contributed by atoms with Crippen LogP contribution in [0.2, 0.25) is 0 Å². The monoisotopic (exact) mass is 384 g/mol. The first-order valence-corrected chi connectivity index (χ1v) is 8.82. The Labute approximate surface area is 164 Å². The van der Waals surface area contributed by atoms with Gasteiger partial charge in [0, 0.05) is 5.69 Å². The molecular weight excluding hydrogens is 360 g/mol. The van der Waals surface area contributed by atoms with Gasteiger partial charge in [-0.05, 0) is 51.5 Å². The van der Waals surface area contributed by atoms with E-state index < -0.39 is 30.6 Å². The smallest absolute Gasteiger partial charge is 0.347 e. The molecule has 0 saturated heterocycles. The summed E-state index contributed by atoms with van der Waals surface area (Å²) in [6, 6.07) is 12.0. The van der Waals surface area contributed by atoms with Gasteiger partial charge in [-0.3, -0.25) is 10.1 Å². The minimum Gasteiger partial charge on any atom is -0.479 e. The zero-order valence-corrected chi connectivity index (χ0v) is 16.4. The first kappa shape index (κ1) is 21.0. The van der Waals surface area contributed by atoms with Crippen LogP contribution in [0.4, 0.5) is 10.5 Å². The van der Waals surface area contributed by atoms with Crippen molar-refractivity contribution in [1.29, 1.82) is 0 Å². The van der Waals surface area contributed by atoms with Crippen molar-refractivity contribution in [2.45, 2.75) is 33.8 Å². The van der Waals surface area contributed by atoms with Crippen LogP contribution in [0.5, 0.6) is 5.75 Å². The molecule has 148 valence electrons. The highest BCUT2D eigenvalue weighted by Crippen LogP contribution is 2.16. The lowest BCUT2D eigenvalue weighted by Crippen LogP contribution is -2.38. The molecule has 0 fully saturated rings. The number of carbonyl (C=O) groups is 3. The molecule has 7 heteroatoms. The second-order valence-corrected chi connectivity index (χ2v) is 6.50. The Kier molecular flexibility index (Phi) is 7.14. The number of imide groups is 1. The maximum atomic E-state index is 11.9. The summed E-state index contributed by atoms with van der Waals surface area (Å²) in [7, 11) is 0. The van der Waals surface area contributed by atoms with E-state index >= 15 is 0 Å².